The summed E-state index contributed by atoms with van der Waals surface area (Å²) in [5.41, 5.74) is 0. The van der Waals surface area contributed by atoms with E-state index in [0.717, 1.165) is 26.2 Å². The van der Waals surface area contributed by atoms with Crippen molar-refractivity contribution in [1.82, 2.24) is 20.4 Å². The normalized spacial score (nSPS) is 34.7. The molecule has 18 heavy (non-hydrogen) atoms. The second-order valence-corrected chi connectivity index (χ2v) is 5.53. The topological polar surface area (TPSA) is 47.6 Å². The van der Waals surface area contributed by atoms with Gasteiger partial charge in [0, 0.05) is 44.8 Å². The van der Waals surface area contributed by atoms with Gasteiger partial charge in [0.15, 0.2) is 0 Å². The van der Waals surface area contributed by atoms with Gasteiger partial charge in [-0.3, -0.25) is 9.69 Å². The molecule has 0 bridgehead atoms. The molecule has 1 amide bonds. The molecule has 0 radical (unpaired) electrons. The first-order valence-corrected chi connectivity index (χ1v) is 7.08. The summed E-state index contributed by atoms with van der Waals surface area (Å²) in [7, 11) is 2.17. The van der Waals surface area contributed by atoms with Crippen LogP contribution in [-0.2, 0) is 4.79 Å². The van der Waals surface area contributed by atoms with Gasteiger partial charge < -0.3 is 15.5 Å². The van der Waals surface area contributed by atoms with Crippen LogP contribution in [0.5, 0.6) is 0 Å². The lowest BCUT2D eigenvalue weighted by Crippen LogP contribution is -2.61. The van der Waals surface area contributed by atoms with E-state index in [1.54, 1.807) is 0 Å². The van der Waals surface area contributed by atoms with Crippen LogP contribution in [0.3, 0.4) is 0 Å². The average Bonchev–Trinajstić information content (AvgIpc) is 2.70. The first-order chi connectivity index (χ1) is 8.63. The summed E-state index contributed by atoms with van der Waals surface area (Å²) >= 11 is 0. The number of carbonyl (C=O) groups is 1. The minimum atomic E-state index is 0.00222. The molecular formula is C13H26N4O. The van der Waals surface area contributed by atoms with Gasteiger partial charge in [-0.15, -0.1) is 0 Å². The zero-order valence-corrected chi connectivity index (χ0v) is 11.8. The van der Waals surface area contributed by atoms with Crippen molar-refractivity contribution in [3.63, 3.8) is 0 Å². The number of rotatable bonds is 3. The monoisotopic (exact) mass is 254 g/mol. The molecule has 0 aromatic rings. The van der Waals surface area contributed by atoms with E-state index < -0.39 is 0 Å². The summed E-state index contributed by atoms with van der Waals surface area (Å²) in [6, 6.07) is 1.15. The molecule has 5 heteroatoms. The largest absolute Gasteiger partial charge is 0.355 e. The zero-order chi connectivity index (χ0) is 13.1. The van der Waals surface area contributed by atoms with E-state index in [-0.39, 0.29) is 11.9 Å². The summed E-state index contributed by atoms with van der Waals surface area (Å²) in [4.78, 5) is 16.9. The summed E-state index contributed by atoms with van der Waals surface area (Å²) in [5.74, 6) is 0.173. The number of amides is 1. The maximum atomic E-state index is 12.1. The molecule has 2 aliphatic rings. The van der Waals surface area contributed by atoms with Gasteiger partial charge in [0.05, 0.1) is 0 Å². The number of hydrogen-bond acceptors (Lipinski definition) is 4. The first kappa shape index (κ1) is 13.8. The van der Waals surface area contributed by atoms with Crippen LogP contribution >= 0.6 is 0 Å². The molecule has 2 rings (SSSR count). The highest BCUT2D eigenvalue weighted by molar-refractivity contribution is 5.82. The molecule has 2 N–H and O–H groups in total. The molecule has 3 unspecified atom stereocenters. The van der Waals surface area contributed by atoms with Crippen molar-refractivity contribution in [3.8, 4) is 0 Å². The molecule has 104 valence electrons. The molecule has 2 saturated heterocycles. The van der Waals surface area contributed by atoms with Crippen molar-refractivity contribution < 1.29 is 4.79 Å². The minimum Gasteiger partial charge on any atom is -0.355 e. The van der Waals surface area contributed by atoms with Gasteiger partial charge in [-0.2, -0.15) is 0 Å². The first-order valence-electron chi connectivity index (χ1n) is 7.08. The fraction of sp³-hybridized carbons (Fsp3) is 0.923. The molecule has 0 aromatic carbocycles. The molecule has 5 nitrogen and oxygen atoms in total. The SMILES string of the molecule is CCNC(=O)C1CNCCN1C1CC(C)N(C)C1. The lowest BCUT2D eigenvalue weighted by Gasteiger charge is -2.39. The van der Waals surface area contributed by atoms with Crippen LogP contribution in [0.2, 0.25) is 0 Å². The third-order valence-corrected chi connectivity index (χ3v) is 4.27. The summed E-state index contributed by atoms with van der Waals surface area (Å²) in [5, 5.41) is 6.29. The second kappa shape index (κ2) is 5.99. The van der Waals surface area contributed by atoms with Crippen molar-refractivity contribution in [2.45, 2.75) is 38.4 Å². The highest BCUT2D eigenvalue weighted by Gasteiger charge is 2.37. The van der Waals surface area contributed by atoms with E-state index in [1.807, 2.05) is 6.92 Å². The number of piperazine rings is 1. The highest BCUT2D eigenvalue weighted by atomic mass is 16.2. The molecule has 0 spiro atoms. The molecule has 2 aliphatic heterocycles. The Balaban J connectivity index is 2.01. The number of nitrogens with zero attached hydrogens (tertiary/aromatic N) is 2. The van der Waals surface area contributed by atoms with Gasteiger partial charge in [0.2, 0.25) is 5.91 Å². The van der Waals surface area contributed by atoms with Crippen LogP contribution in [0.15, 0.2) is 0 Å². The van der Waals surface area contributed by atoms with Gasteiger partial charge >= 0.3 is 0 Å². The van der Waals surface area contributed by atoms with Gasteiger partial charge in [0.1, 0.15) is 6.04 Å². The van der Waals surface area contributed by atoms with E-state index in [2.05, 4.69) is 34.4 Å². The lowest BCUT2D eigenvalue weighted by atomic mass is 10.1. The quantitative estimate of drug-likeness (QED) is 0.712. The number of hydrogen-bond donors (Lipinski definition) is 2. The lowest BCUT2D eigenvalue weighted by molar-refractivity contribution is -0.127. The van der Waals surface area contributed by atoms with Crippen LogP contribution < -0.4 is 10.6 Å². The predicted molar refractivity (Wildman–Crippen MR) is 72.5 cm³/mol. The highest BCUT2D eigenvalue weighted by Crippen LogP contribution is 2.22. The Bertz CT molecular complexity index is 287. The van der Waals surface area contributed by atoms with Gasteiger partial charge in [0.25, 0.3) is 0 Å². The Morgan fingerprint density at radius 3 is 2.89 bits per heavy atom. The Hall–Kier alpha value is -0.650. The van der Waals surface area contributed by atoms with Crippen molar-refractivity contribution in [2.75, 3.05) is 39.8 Å². The fourth-order valence-corrected chi connectivity index (χ4v) is 3.09. The van der Waals surface area contributed by atoms with E-state index in [4.69, 9.17) is 0 Å². The fourth-order valence-electron chi connectivity index (χ4n) is 3.09. The summed E-state index contributed by atoms with van der Waals surface area (Å²) < 4.78 is 0. The smallest absolute Gasteiger partial charge is 0.238 e. The summed E-state index contributed by atoms with van der Waals surface area (Å²) in [6.07, 6.45) is 1.17. The van der Waals surface area contributed by atoms with E-state index in [1.165, 1.54) is 6.42 Å². The molecule has 2 heterocycles. The molecule has 0 aromatic heterocycles. The van der Waals surface area contributed by atoms with Crippen LogP contribution in [0.25, 0.3) is 0 Å². The zero-order valence-electron chi connectivity index (χ0n) is 11.8. The van der Waals surface area contributed by atoms with E-state index in [9.17, 15) is 4.79 Å². The average molecular weight is 254 g/mol. The maximum Gasteiger partial charge on any atom is 0.238 e. The van der Waals surface area contributed by atoms with Gasteiger partial charge in [-0.05, 0) is 27.3 Å². The van der Waals surface area contributed by atoms with Gasteiger partial charge in [-0.1, -0.05) is 0 Å². The van der Waals surface area contributed by atoms with E-state index >= 15 is 0 Å². The van der Waals surface area contributed by atoms with Crippen molar-refractivity contribution in [1.29, 1.82) is 0 Å². The van der Waals surface area contributed by atoms with Crippen LogP contribution in [-0.4, -0.2) is 73.6 Å². The maximum absolute atomic E-state index is 12.1. The van der Waals surface area contributed by atoms with Crippen molar-refractivity contribution in [2.24, 2.45) is 0 Å². The molecule has 0 saturated carbocycles. The Morgan fingerprint density at radius 1 is 1.50 bits per heavy atom. The Kier molecular flexibility index (Phi) is 4.59. The molecule has 3 atom stereocenters. The van der Waals surface area contributed by atoms with Gasteiger partial charge in [-0.25, -0.2) is 0 Å². The van der Waals surface area contributed by atoms with E-state index in [0.29, 0.717) is 18.6 Å². The third-order valence-electron chi connectivity index (χ3n) is 4.27. The molecule has 0 aliphatic carbocycles. The molecular weight excluding hydrogens is 228 g/mol. The number of likely N-dealkylation sites (tertiary alicyclic amines) is 1. The van der Waals surface area contributed by atoms with Crippen molar-refractivity contribution in [3.05, 3.63) is 0 Å². The predicted octanol–water partition coefficient (Wildman–Crippen LogP) is -0.511. The second-order valence-electron chi connectivity index (χ2n) is 5.53. The Morgan fingerprint density at radius 2 is 2.28 bits per heavy atom. The van der Waals surface area contributed by atoms with Crippen LogP contribution in [0, 0.1) is 0 Å². The van der Waals surface area contributed by atoms with Crippen LogP contribution in [0.4, 0.5) is 0 Å². The van der Waals surface area contributed by atoms with Crippen molar-refractivity contribution >= 4 is 5.91 Å². The standard InChI is InChI=1S/C13H26N4O/c1-4-15-13(18)12-8-14-5-6-17(12)11-7-10(2)16(3)9-11/h10-12,14H,4-9H2,1-3H3,(H,15,18). The minimum absolute atomic E-state index is 0.00222. The third kappa shape index (κ3) is 2.84. The number of carbonyl (C=O) groups excluding carboxylic acids is 1. The Labute approximate surface area is 110 Å². The summed E-state index contributed by atoms with van der Waals surface area (Å²) in [6.45, 7) is 8.78. The number of likely N-dealkylation sites (N-methyl/N-ethyl adjacent to an activating group) is 2. The van der Waals surface area contributed by atoms with Crippen LogP contribution in [0.1, 0.15) is 20.3 Å². The molecule has 2 fully saturated rings. The number of nitrogens with one attached hydrogen (secondary N) is 2.